The second-order valence-corrected chi connectivity index (χ2v) is 7.05. The molecule has 1 aromatic carbocycles. The lowest BCUT2D eigenvalue weighted by Gasteiger charge is -2.13. The number of hydrogen-bond acceptors (Lipinski definition) is 5. The number of rotatable bonds is 8. The Kier molecular flexibility index (Phi) is 7.00. The summed E-state index contributed by atoms with van der Waals surface area (Å²) < 4.78 is 20.8. The highest BCUT2D eigenvalue weighted by atomic mass is 32.2. The average Bonchev–Trinajstić information content (AvgIpc) is 3.11. The Labute approximate surface area is 173 Å². The Bertz CT molecular complexity index is 989. The van der Waals surface area contributed by atoms with Crippen LogP contribution in [0.4, 0.5) is 10.2 Å². The second kappa shape index (κ2) is 9.67. The van der Waals surface area contributed by atoms with Crippen LogP contribution in [0.2, 0.25) is 0 Å². The summed E-state index contributed by atoms with van der Waals surface area (Å²) in [4.78, 5) is 20.8. The molecule has 3 rings (SSSR count). The third-order valence-electron chi connectivity index (χ3n) is 4.37. The number of imidazole rings is 1. The normalized spacial score (nSPS) is 10.9. The summed E-state index contributed by atoms with van der Waals surface area (Å²) in [6, 6.07) is 9.97. The van der Waals surface area contributed by atoms with E-state index in [-0.39, 0.29) is 11.7 Å². The van der Waals surface area contributed by atoms with Gasteiger partial charge in [0.1, 0.15) is 11.6 Å². The van der Waals surface area contributed by atoms with Crippen molar-refractivity contribution >= 4 is 23.5 Å². The van der Waals surface area contributed by atoms with Crippen molar-refractivity contribution in [2.45, 2.75) is 25.0 Å². The van der Waals surface area contributed by atoms with Crippen molar-refractivity contribution in [1.82, 2.24) is 14.5 Å². The standard InChI is InChI=1S/C21H23FN4O2S/c1-4-18(27)24-17-13-15(9-10-23-17)20-19(14-5-7-16(22)8-6-14)25-21(29-3)26(20)11-12-28-2/h5-10,13H,4,11-12H2,1-3H3,(H,23,24,27). The van der Waals surface area contributed by atoms with Crippen LogP contribution < -0.4 is 5.32 Å². The number of carbonyl (C=O) groups excluding carboxylic acids is 1. The summed E-state index contributed by atoms with van der Waals surface area (Å²) >= 11 is 1.53. The van der Waals surface area contributed by atoms with E-state index in [0.717, 1.165) is 27.7 Å². The zero-order chi connectivity index (χ0) is 20.8. The molecule has 8 heteroatoms. The minimum atomic E-state index is -0.298. The molecule has 0 spiro atoms. The van der Waals surface area contributed by atoms with E-state index in [2.05, 4.69) is 14.9 Å². The summed E-state index contributed by atoms with van der Waals surface area (Å²) in [6.07, 6.45) is 3.99. The lowest BCUT2D eigenvalue weighted by Crippen LogP contribution is -2.11. The number of hydrogen-bond donors (Lipinski definition) is 1. The molecular formula is C21H23FN4O2S. The number of nitrogens with zero attached hydrogens (tertiary/aromatic N) is 3. The highest BCUT2D eigenvalue weighted by molar-refractivity contribution is 7.98. The number of carbonyl (C=O) groups is 1. The molecule has 3 aromatic rings. The van der Waals surface area contributed by atoms with Crippen molar-refractivity contribution in [2.75, 3.05) is 25.3 Å². The van der Waals surface area contributed by atoms with Gasteiger partial charge in [-0.3, -0.25) is 4.79 Å². The fourth-order valence-electron chi connectivity index (χ4n) is 2.96. The van der Waals surface area contributed by atoms with Crippen LogP contribution in [0.3, 0.4) is 0 Å². The number of halogens is 1. The predicted octanol–water partition coefficient (Wildman–Crippen LogP) is 4.47. The summed E-state index contributed by atoms with van der Waals surface area (Å²) in [5, 5.41) is 3.62. The molecule has 0 atom stereocenters. The number of methoxy groups -OCH3 is 1. The van der Waals surface area contributed by atoms with Gasteiger partial charge in [-0.1, -0.05) is 18.7 Å². The fourth-order valence-corrected chi connectivity index (χ4v) is 3.54. The molecule has 0 radical (unpaired) electrons. The van der Waals surface area contributed by atoms with Crippen LogP contribution in [0.5, 0.6) is 0 Å². The number of thioether (sulfide) groups is 1. The first-order chi connectivity index (χ1) is 14.1. The maximum absolute atomic E-state index is 13.5. The molecule has 1 N–H and O–H groups in total. The van der Waals surface area contributed by atoms with Crippen LogP contribution in [0.25, 0.3) is 22.5 Å². The van der Waals surface area contributed by atoms with Gasteiger partial charge in [0.2, 0.25) is 5.91 Å². The highest BCUT2D eigenvalue weighted by Crippen LogP contribution is 2.36. The first-order valence-electron chi connectivity index (χ1n) is 9.23. The molecule has 6 nitrogen and oxygen atoms in total. The fraction of sp³-hybridized carbons (Fsp3) is 0.286. The van der Waals surface area contributed by atoms with E-state index in [1.165, 1.54) is 23.9 Å². The van der Waals surface area contributed by atoms with Gasteiger partial charge in [-0.15, -0.1) is 0 Å². The van der Waals surface area contributed by atoms with Crippen LogP contribution in [0.1, 0.15) is 13.3 Å². The van der Waals surface area contributed by atoms with Crippen molar-refractivity contribution in [3.63, 3.8) is 0 Å². The first kappa shape index (κ1) is 21.0. The van der Waals surface area contributed by atoms with E-state index in [1.807, 2.05) is 18.4 Å². The van der Waals surface area contributed by atoms with Crippen LogP contribution in [0, 0.1) is 5.82 Å². The number of nitrogens with one attached hydrogen (secondary N) is 1. The summed E-state index contributed by atoms with van der Waals surface area (Å²) in [5.41, 5.74) is 3.27. The molecule has 0 aliphatic heterocycles. The zero-order valence-electron chi connectivity index (χ0n) is 16.6. The molecule has 152 valence electrons. The Morgan fingerprint density at radius 3 is 2.66 bits per heavy atom. The Hall–Kier alpha value is -2.71. The largest absolute Gasteiger partial charge is 0.383 e. The topological polar surface area (TPSA) is 69.0 Å². The Morgan fingerprint density at radius 1 is 1.24 bits per heavy atom. The maximum Gasteiger partial charge on any atom is 0.225 e. The zero-order valence-corrected chi connectivity index (χ0v) is 17.4. The minimum Gasteiger partial charge on any atom is -0.383 e. The number of benzene rings is 1. The predicted molar refractivity (Wildman–Crippen MR) is 113 cm³/mol. The average molecular weight is 415 g/mol. The summed E-state index contributed by atoms with van der Waals surface area (Å²) in [6.45, 7) is 2.91. The van der Waals surface area contributed by atoms with E-state index in [9.17, 15) is 9.18 Å². The van der Waals surface area contributed by atoms with Crippen LogP contribution in [-0.2, 0) is 16.1 Å². The van der Waals surface area contributed by atoms with E-state index >= 15 is 0 Å². The van der Waals surface area contributed by atoms with Gasteiger partial charge in [-0.2, -0.15) is 0 Å². The molecule has 0 aliphatic carbocycles. The minimum absolute atomic E-state index is 0.105. The number of pyridine rings is 1. The van der Waals surface area contributed by atoms with Gasteiger partial charge < -0.3 is 14.6 Å². The molecule has 0 bridgehead atoms. The Morgan fingerprint density at radius 2 is 2.00 bits per heavy atom. The highest BCUT2D eigenvalue weighted by Gasteiger charge is 2.20. The van der Waals surface area contributed by atoms with Gasteiger partial charge in [0.25, 0.3) is 0 Å². The van der Waals surface area contributed by atoms with Crippen LogP contribution in [-0.4, -0.2) is 40.4 Å². The molecule has 2 heterocycles. The van der Waals surface area contributed by atoms with Crippen molar-refractivity contribution in [2.24, 2.45) is 0 Å². The van der Waals surface area contributed by atoms with Gasteiger partial charge in [-0.25, -0.2) is 14.4 Å². The number of aromatic nitrogens is 3. The molecule has 2 aromatic heterocycles. The number of amides is 1. The monoisotopic (exact) mass is 414 g/mol. The molecule has 1 amide bonds. The molecule has 0 fully saturated rings. The van der Waals surface area contributed by atoms with Crippen molar-refractivity contribution < 1.29 is 13.9 Å². The lowest BCUT2D eigenvalue weighted by atomic mass is 10.1. The smallest absolute Gasteiger partial charge is 0.225 e. The third-order valence-corrected chi connectivity index (χ3v) is 5.05. The van der Waals surface area contributed by atoms with Crippen LogP contribution in [0.15, 0.2) is 47.8 Å². The maximum atomic E-state index is 13.5. The van der Waals surface area contributed by atoms with Gasteiger partial charge in [0.05, 0.1) is 18.0 Å². The summed E-state index contributed by atoms with van der Waals surface area (Å²) in [5.74, 6) is 0.0726. The Balaban J connectivity index is 2.16. The van der Waals surface area contributed by atoms with Crippen molar-refractivity contribution in [3.05, 3.63) is 48.4 Å². The third kappa shape index (κ3) is 4.83. The number of anilines is 1. The number of ether oxygens (including phenoxy) is 1. The van der Waals surface area contributed by atoms with Crippen molar-refractivity contribution in [3.8, 4) is 22.5 Å². The summed E-state index contributed by atoms with van der Waals surface area (Å²) in [7, 11) is 1.65. The lowest BCUT2D eigenvalue weighted by molar-refractivity contribution is -0.115. The molecule has 0 saturated carbocycles. The van der Waals surface area contributed by atoms with E-state index in [0.29, 0.717) is 25.4 Å². The van der Waals surface area contributed by atoms with Gasteiger partial charge in [0.15, 0.2) is 5.16 Å². The van der Waals surface area contributed by atoms with Crippen molar-refractivity contribution in [1.29, 1.82) is 0 Å². The molecular weight excluding hydrogens is 391 g/mol. The van der Waals surface area contributed by atoms with Gasteiger partial charge in [0, 0.05) is 37.4 Å². The van der Waals surface area contributed by atoms with E-state index in [1.54, 1.807) is 32.4 Å². The first-order valence-corrected chi connectivity index (χ1v) is 10.5. The quantitative estimate of drug-likeness (QED) is 0.551. The molecule has 0 unspecified atom stereocenters. The molecule has 0 aliphatic rings. The molecule has 29 heavy (non-hydrogen) atoms. The van der Waals surface area contributed by atoms with Gasteiger partial charge >= 0.3 is 0 Å². The van der Waals surface area contributed by atoms with E-state index in [4.69, 9.17) is 9.72 Å². The SMILES string of the molecule is CCC(=O)Nc1cc(-c2c(-c3ccc(F)cc3)nc(SC)n2CCOC)ccn1. The van der Waals surface area contributed by atoms with E-state index < -0.39 is 0 Å². The molecule has 0 saturated heterocycles. The van der Waals surface area contributed by atoms with Gasteiger partial charge in [-0.05, 0) is 42.7 Å². The second-order valence-electron chi connectivity index (χ2n) is 6.28. The van der Waals surface area contributed by atoms with Crippen LogP contribution >= 0.6 is 11.8 Å².